The molecule has 0 radical (unpaired) electrons. The number of para-hydroxylation sites is 1. The average Bonchev–Trinajstić information content (AvgIpc) is 3.16. The van der Waals surface area contributed by atoms with Gasteiger partial charge in [-0.25, -0.2) is 4.68 Å². The van der Waals surface area contributed by atoms with E-state index in [-0.39, 0.29) is 36.8 Å². The number of carbonyl (C=O) groups is 1. The van der Waals surface area contributed by atoms with Gasteiger partial charge in [0.15, 0.2) is 0 Å². The second-order valence-corrected chi connectivity index (χ2v) is 6.43. The molecule has 0 bridgehead atoms. The van der Waals surface area contributed by atoms with Crippen LogP contribution in [0.2, 0.25) is 0 Å². The lowest BCUT2D eigenvalue weighted by Gasteiger charge is -2.23. The smallest absolute Gasteiger partial charge is 0.255 e. The topological polar surface area (TPSA) is 71.8 Å². The predicted molar refractivity (Wildman–Crippen MR) is 115 cm³/mol. The maximum absolute atomic E-state index is 12.9. The van der Waals surface area contributed by atoms with Crippen LogP contribution in [0.15, 0.2) is 61.1 Å². The Hall–Kier alpha value is -2.41. The molecule has 1 aliphatic heterocycles. The van der Waals surface area contributed by atoms with Crippen molar-refractivity contribution in [1.82, 2.24) is 25.4 Å². The van der Waals surface area contributed by atoms with Gasteiger partial charge in [-0.2, -0.15) is 5.10 Å². The van der Waals surface area contributed by atoms with Crippen molar-refractivity contribution < 1.29 is 4.79 Å². The van der Waals surface area contributed by atoms with Gasteiger partial charge in [0.05, 0.1) is 11.3 Å². The number of nitrogens with zero attached hydrogens (tertiary/aromatic N) is 3. The lowest BCUT2D eigenvalue weighted by Crippen LogP contribution is -2.45. The molecular weight excluding hydrogens is 397 g/mol. The van der Waals surface area contributed by atoms with Gasteiger partial charge in [-0.3, -0.25) is 9.78 Å². The van der Waals surface area contributed by atoms with E-state index >= 15 is 0 Å². The number of nitrogens with one attached hydrogen (secondary N) is 2. The van der Waals surface area contributed by atoms with Gasteiger partial charge in [0, 0.05) is 36.7 Å². The lowest BCUT2D eigenvalue weighted by atomic mass is 10.1. The summed E-state index contributed by atoms with van der Waals surface area (Å²) in [5.41, 5.74) is 2.95. The number of amides is 1. The lowest BCUT2D eigenvalue weighted by molar-refractivity contribution is 0.0931. The van der Waals surface area contributed by atoms with Gasteiger partial charge in [0.25, 0.3) is 5.91 Å². The van der Waals surface area contributed by atoms with Crippen molar-refractivity contribution in [2.24, 2.45) is 0 Å². The molecule has 28 heavy (non-hydrogen) atoms. The summed E-state index contributed by atoms with van der Waals surface area (Å²) in [4.78, 5) is 17.1. The van der Waals surface area contributed by atoms with Gasteiger partial charge < -0.3 is 10.6 Å². The highest BCUT2D eigenvalue weighted by Crippen LogP contribution is 2.23. The van der Waals surface area contributed by atoms with Crippen molar-refractivity contribution in [3.8, 4) is 16.9 Å². The maximum Gasteiger partial charge on any atom is 0.255 e. The van der Waals surface area contributed by atoms with Crippen molar-refractivity contribution in [1.29, 1.82) is 0 Å². The summed E-state index contributed by atoms with van der Waals surface area (Å²) < 4.78 is 1.75. The first kappa shape index (κ1) is 21.9. The zero-order valence-corrected chi connectivity index (χ0v) is 16.9. The first-order valence-electron chi connectivity index (χ1n) is 8.88. The van der Waals surface area contributed by atoms with E-state index in [0.29, 0.717) is 11.3 Å². The molecule has 3 aromatic rings. The standard InChI is InChI=1S/C20H21N5O.2ClH/c26-20(23-16-7-5-11-22-13-16)18-14-25(17-8-2-1-3-9-17)24-19(18)15-6-4-10-21-12-15;;/h1-4,6,8-10,12,14,16,22H,5,7,11,13H2,(H,23,26);2*1H. The molecule has 6 nitrogen and oxygen atoms in total. The van der Waals surface area contributed by atoms with E-state index < -0.39 is 0 Å². The highest BCUT2D eigenvalue weighted by molar-refractivity contribution is 6.00. The van der Waals surface area contributed by atoms with Crippen molar-refractivity contribution in [2.75, 3.05) is 13.1 Å². The molecule has 4 rings (SSSR count). The van der Waals surface area contributed by atoms with Crippen LogP contribution in [-0.2, 0) is 0 Å². The molecule has 8 heteroatoms. The van der Waals surface area contributed by atoms with Crippen LogP contribution >= 0.6 is 24.8 Å². The summed E-state index contributed by atoms with van der Waals surface area (Å²) in [5, 5.41) is 11.1. The number of carbonyl (C=O) groups excluding carboxylic acids is 1. The fourth-order valence-corrected chi connectivity index (χ4v) is 3.21. The van der Waals surface area contributed by atoms with Crippen molar-refractivity contribution in [2.45, 2.75) is 18.9 Å². The molecule has 0 spiro atoms. The largest absolute Gasteiger partial charge is 0.348 e. The van der Waals surface area contributed by atoms with E-state index in [4.69, 9.17) is 0 Å². The first-order valence-corrected chi connectivity index (χ1v) is 8.88. The molecule has 2 N–H and O–H groups in total. The predicted octanol–water partition coefficient (Wildman–Crippen LogP) is 3.26. The van der Waals surface area contributed by atoms with Crippen molar-refractivity contribution in [3.05, 3.63) is 66.6 Å². The Morgan fingerprint density at radius 3 is 2.64 bits per heavy atom. The summed E-state index contributed by atoms with van der Waals surface area (Å²) in [6.45, 7) is 1.82. The van der Waals surface area contributed by atoms with Crippen LogP contribution in [-0.4, -0.2) is 39.8 Å². The molecule has 0 saturated carbocycles. The van der Waals surface area contributed by atoms with Gasteiger partial charge in [-0.05, 0) is 43.7 Å². The Bertz CT molecular complexity index is 880. The number of hydrogen-bond donors (Lipinski definition) is 2. The molecule has 1 aliphatic rings. The molecule has 1 aromatic carbocycles. The Morgan fingerprint density at radius 2 is 1.96 bits per heavy atom. The molecular formula is C20H23Cl2N5O. The highest BCUT2D eigenvalue weighted by atomic mass is 35.5. The third-order valence-electron chi connectivity index (χ3n) is 4.55. The molecule has 1 fully saturated rings. The third-order valence-corrected chi connectivity index (χ3v) is 4.55. The van der Waals surface area contributed by atoms with Crippen molar-refractivity contribution in [3.63, 3.8) is 0 Å². The van der Waals surface area contributed by atoms with Crippen LogP contribution in [0.5, 0.6) is 0 Å². The number of rotatable bonds is 4. The second kappa shape index (κ2) is 10.2. The van der Waals surface area contributed by atoms with Crippen LogP contribution in [0.4, 0.5) is 0 Å². The quantitative estimate of drug-likeness (QED) is 0.680. The monoisotopic (exact) mass is 419 g/mol. The van der Waals surface area contributed by atoms with Crippen LogP contribution in [0.3, 0.4) is 0 Å². The van der Waals surface area contributed by atoms with Gasteiger partial charge in [0.2, 0.25) is 0 Å². The fourth-order valence-electron chi connectivity index (χ4n) is 3.21. The summed E-state index contributed by atoms with van der Waals surface area (Å²) in [5.74, 6) is -0.0975. The third kappa shape index (κ3) is 4.90. The molecule has 1 atom stereocenters. The van der Waals surface area contributed by atoms with E-state index in [1.807, 2.05) is 42.5 Å². The second-order valence-electron chi connectivity index (χ2n) is 6.43. The summed E-state index contributed by atoms with van der Waals surface area (Å²) in [6, 6.07) is 13.7. The molecule has 1 amide bonds. The van der Waals surface area contributed by atoms with Crippen LogP contribution in [0, 0.1) is 0 Å². The van der Waals surface area contributed by atoms with Crippen molar-refractivity contribution >= 4 is 30.7 Å². The number of halogens is 2. The maximum atomic E-state index is 12.9. The van der Waals surface area contributed by atoms with E-state index in [2.05, 4.69) is 20.7 Å². The van der Waals surface area contributed by atoms with Gasteiger partial charge in [-0.15, -0.1) is 24.8 Å². The highest BCUT2D eigenvalue weighted by Gasteiger charge is 2.22. The molecule has 148 valence electrons. The first-order chi connectivity index (χ1) is 12.8. The zero-order valence-electron chi connectivity index (χ0n) is 15.2. The van der Waals surface area contributed by atoms with Gasteiger partial charge in [-0.1, -0.05) is 18.2 Å². The number of aromatic nitrogens is 3. The Kier molecular flexibility index (Phi) is 7.99. The van der Waals surface area contributed by atoms with Crippen LogP contribution in [0.1, 0.15) is 23.2 Å². The molecule has 3 heterocycles. The van der Waals surface area contributed by atoms with E-state index in [0.717, 1.165) is 37.2 Å². The van der Waals surface area contributed by atoms with E-state index in [9.17, 15) is 4.79 Å². The molecule has 0 aliphatic carbocycles. The number of pyridine rings is 1. The fraction of sp³-hybridized carbons (Fsp3) is 0.250. The van der Waals surface area contributed by atoms with Gasteiger partial charge >= 0.3 is 0 Å². The van der Waals surface area contributed by atoms with Gasteiger partial charge in [0.1, 0.15) is 5.69 Å². The Balaban J connectivity index is 0.00000140. The number of hydrogen-bond acceptors (Lipinski definition) is 4. The van der Waals surface area contributed by atoms with Crippen LogP contribution < -0.4 is 10.6 Å². The summed E-state index contributed by atoms with van der Waals surface area (Å²) >= 11 is 0. The summed E-state index contributed by atoms with van der Waals surface area (Å²) in [7, 11) is 0. The minimum absolute atomic E-state index is 0. The SMILES string of the molecule is Cl.Cl.O=C(NC1CCCNC1)c1cn(-c2ccccc2)nc1-c1cccnc1. The number of piperidine rings is 1. The minimum atomic E-state index is -0.0975. The normalized spacial score (nSPS) is 15.8. The van der Waals surface area contributed by atoms with Crippen LogP contribution in [0.25, 0.3) is 16.9 Å². The van der Waals surface area contributed by atoms with E-state index in [1.54, 1.807) is 23.3 Å². The molecule has 2 aromatic heterocycles. The van der Waals surface area contributed by atoms with E-state index in [1.165, 1.54) is 0 Å². The minimum Gasteiger partial charge on any atom is -0.348 e. The Labute approximate surface area is 176 Å². The number of benzene rings is 1. The summed E-state index contributed by atoms with van der Waals surface area (Å²) in [6.07, 6.45) is 7.31. The molecule has 1 unspecified atom stereocenters. The zero-order chi connectivity index (χ0) is 17.8. The average molecular weight is 420 g/mol. The Morgan fingerprint density at radius 1 is 1.14 bits per heavy atom. The molecule has 1 saturated heterocycles.